The van der Waals surface area contributed by atoms with E-state index in [4.69, 9.17) is 0 Å². The molecule has 0 unspecified atom stereocenters. The Balaban J connectivity index is 1.39. The van der Waals surface area contributed by atoms with Gasteiger partial charge in [-0.1, -0.05) is 42.7 Å². The minimum absolute atomic E-state index is 0.00173. The van der Waals surface area contributed by atoms with Crippen molar-refractivity contribution in [1.29, 1.82) is 0 Å². The zero-order chi connectivity index (χ0) is 17.9. The average Bonchev–Trinajstić information content (AvgIpc) is 3.30. The lowest BCUT2D eigenvalue weighted by Crippen LogP contribution is -2.35. The molecule has 2 heterocycles. The number of rotatable bonds is 5. The SMILES string of the molecule is C[C@@H](Cn1ccc2ccccc21)NC(=O)c1cn(C2CCCCC2)nn1. The van der Waals surface area contributed by atoms with Crippen molar-refractivity contribution < 1.29 is 4.79 Å². The fraction of sp³-hybridized carbons (Fsp3) is 0.450. The van der Waals surface area contributed by atoms with Crippen LogP contribution in [0.15, 0.2) is 42.7 Å². The topological polar surface area (TPSA) is 64.7 Å². The molecule has 1 aliphatic rings. The predicted octanol–water partition coefficient (Wildman–Crippen LogP) is 3.56. The third-order valence-corrected chi connectivity index (χ3v) is 5.22. The Bertz CT molecular complexity index is 890. The van der Waals surface area contributed by atoms with Gasteiger partial charge >= 0.3 is 0 Å². The maximum absolute atomic E-state index is 12.5. The monoisotopic (exact) mass is 351 g/mol. The van der Waals surface area contributed by atoms with Crippen LogP contribution in [0.3, 0.4) is 0 Å². The van der Waals surface area contributed by atoms with Gasteiger partial charge in [-0.15, -0.1) is 5.10 Å². The van der Waals surface area contributed by atoms with Gasteiger partial charge in [0.25, 0.3) is 5.91 Å². The third kappa shape index (κ3) is 3.49. The molecule has 0 bridgehead atoms. The van der Waals surface area contributed by atoms with E-state index in [2.05, 4.69) is 44.6 Å². The zero-order valence-corrected chi connectivity index (χ0v) is 15.1. The van der Waals surface area contributed by atoms with Crippen molar-refractivity contribution in [3.63, 3.8) is 0 Å². The molecule has 0 aliphatic heterocycles. The number of aromatic nitrogens is 4. The Morgan fingerprint density at radius 2 is 2.04 bits per heavy atom. The van der Waals surface area contributed by atoms with Gasteiger partial charge in [0.15, 0.2) is 5.69 Å². The number of para-hydroxylation sites is 1. The Morgan fingerprint density at radius 1 is 1.23 bits per heavy atom. The number of fused-ring (bicyclic) bond motifs is 1. The molecule has 26 heavy (non-hydrogen) atoms. The summed E-state index contributed by atoms with van der Waals surface area (Å²) in [7, 11) is 0. The molecule has 1 aliphatic carbocycles. The lowest BCUT2D eigenvalue weighted by molar-refractivity contribution is 0.0932. The Kier molecular flexibility index (Phi) is 4.73. The van der Waals surface area contributed by atoms with Crippen LogP contribution in [0.1, 0.15) is 55.6 Å². The van der Waals surface area contributed by atoms with Gasteiger partial charge in [-0.3, -0.25) is 4.79 Å². The highest BCUT2D eigenvalue weighted by atomic mass is 16.2. The molecule has 0 saturated heterocycles. The third-order valence-electron chi connectivity index (χ3n) is 5.22. The lowest BCUT2D eigenvalue weighted by atomic mass is 9.96. The van der Waals surface area contributed by atoms with Crippen molar-refractivity contribution in [2.75, 3.05) is 0 Å². The van der Waals surface area contributed by atoms with Crippen molar-refractivity contribution in [1.82, 2.24) is 24.9 Å². The van der Waals surface area contributed by atoms with Crippen LogP contribution in [-0.4, -0.2) is 31.5 Å². The van der Waals surface area contributed by atoms with Crippen LogP contribution in [0.5, 0.6) is 0 Å². The number of nitrogens with zero attached hydrogens (tertiary/aromatic N) is 4. The molecule has 136 valence electrons. The standard InChI is InChI=1S/C20H25N5O/c1-15(13-24-12-11-16-7-5-6-10-19(16)24)21-20(26)18-14-25(23-22-18)17-8-3-2-4-9-17/h5-7,10-12,14-15,17H,2-4,8-9,13H2,1H3,(H,21,26)/t15-/m0/s1. The van der Waals surface area contributed by atoms with E-state index < -0.39 is 0 Å². The quantitative estimate of drug-likeness (QED) is 0.764. The normalized spacial score (nSPS) is 16.7. The summed E-state index contributed by atoms with van der Waals surface area (Å²) in [5.41, 5.74) is 1.58. The molecule has 6 nitrogen and oxygen atoms in total. The van der Waals surface area contributed by atoms with E-state index in [9.17, 15) is 4.79 Å². The fourth-order valence-corrected chi connectivity index (χ4v) is 3.84. The molecule has 1 fully saturated rings. The molecule has 1 amide bonds. The van der Waals surface area contributed by atoms with Gasteiger partial charge in [0.05, 0.1) is 12.2 Å². The van der Waals surface area contributed by atoms with Crippen LogP contribution in [-0.2, 0) is 6.54 Å². The van der Waals surface area contributed by atoms with Gasteiger partial charge < -0.3 is 9.88 Å². The summed E-state index contributed by atoms with van der Waals surface area (Å²) in [5.74, 6) is -0.156. The van der Waals surface area contributed by atoms with Crippen molar-refractivity contribution in [2.24, 2.45) is 0 Å². The summed E-state index contributed by atoms with van der Waals surface area (Å²) in [5, 5.41) is 12.5. The number of hydrogen-bond donors (Lipinski definition) is 1. The number of hydrogen-bond acceptors (Lipinski definition) is 3. The molecular weight excluding hydrogens is 326 g/mol. The highest BCUT2D eigenvalue weighted by Gasteiger charge is 2.19. The summed E-state index contributed by atoms with van der Waals surface area (Å²) < 4.78 is 4.04. The molecule has 2 aromatic heterocycles. The van der Waals surface area contributed by atoms with E-state index in [-0.39, 0.29) is 11.9 Å². The van der Waals surface area contributed by atoms with E-state index in [0.29, 0.717) is 11.7 Å². The lowest BCUT2D eigenvalue weighted by Gasteiger charge is -2.20. The summed E-state index contributed by atoms with van der Waals surface area (Å²) in [6.45, 7) is 2.73. The second kappa shape index (κ2) is 7.32. The molecule has 3 aromatic rings. The van der Waals surface area contributed by atoms with E-state index >= 15 is 0 Å². The van der Waals surface area contributed by atoms with Crippen molar-refractivity contribution in [2.45, 2.75) is 57.7 Å². The number of carbonyl (C=O) groups is 1. The highest BCUT2D eigenvalue weighted by Crippen LogP contribution is 2.27. The van der Waals surface area contributed by atoms with Crippen LogP contribution >= 0.6 is 0 Å². The molecule has 1 atom stereocenters. The predicted molar refractivity (Wildman–Crippen MR) is 101 cm³/mol. The maximum Gasteiger partial charge on any atom is 0.273 e. The summed E-state index contributed by atoms with van der Waals surface area (Å²) in [4.78, 5) is 12.5. The number of benzene rings is 1. The van der Waals surface area contributed by atoms with Gasteiger partial charge in [-0.25, -0.2) is 4.68 Å². The molecule has 1 saturated carbocycles. The van der Waals surface area contributed by atoms with E-state index in [1.807, 2.05) is 23.7 Å². The maximum atomic E-state index is 12.5. The smallest absolute Gasteiger partial charge is 0.273 e. The van der Waals surface area contributed by atoms with Crippen molar-refractivity contribution in [3.05, 3.63) is 48.4 Å². The Hall–Kier alpha value is -2.63. The molecule has 1 N–H and O–H groups in total. The number of carbonyl (C=O) groups excluding carboxylic acids is 1. The molecule has 6 heteroatoms. The van der Waals surface area contributed by atoms with Crippen LogP contribution in [0.4, 0.5) is 0 Å². The Morgan fingerprint density at radius 3 is 2.88 bits per heavy atom. The molecule has 1 aromatic carbocycles. The van der Waals surface area contributed by atoms with E-state index in [1.165, 1.54) is 30.2 Å². The van der Waals surface area contributed by atoms with Gasteiger partial charge in [-0.2, -0.15) is 0 Å². The minimum atomic E-state index is -0.156. The van der Waals surface area contributed by atoms with Gasteiger partial charge in [0.2, 0.25) is 0 Å². The minimum Gasteiger partial charge on any atom is -0.346 e. The first-order valence-corrected chi connectivity index (χ1v) is 9.47. The van der Waals surface area contributed by atoms with Crippen LogP contribution in [0.2, 0.25) is 0 Å². The van der Waals surface area contributed by atoms with Gasteiger partial charge in [0.1, 0.15) is 0 Å². The average molecular weight is 351 g/mol. The zero-order valence-electron chi connectivity index (χ0n) is 15.1. The first-order chi connectivity index (χ1) is 12.7. The molecule has 0 radical (unpaired) electrons. The van der Waals surface area contributed by atoms with Crippen molar-refractivity contribution in [3.8, 4) is 0 Å². The highest BCUT2D eigenvalue weighted by molar-refractivity contribution is 5.92. The number of amides is 1. The molecule has 4 rings (SSSR count). The van der Waals surface area contributed by atoms with Gasteiger partial charge in [0, 0.05) is 24.3 Å². The van der Waals surface area contributed by atoms with Crippen LogP contribution < -0.4 is 5.32 Å². The van der Waals surface area contributed by atoms with Crippen molar-refractivity contribution >= 4 is 16.8 Å². The summed E-state index contributed by atoms with van der Waals surface area (Å²) >= 11 is 0. The first-order valence-electron chi connectivity index (χ1n) is 9.47. The fourth-order valence-electron chi connectivity index (χ4n) is 3.84. The van der Waals surface area contributed by atoms with Gasteiger partial charge in [-0.05, 0) is 37.3 Å². The second-order valence-electron chi connectivity index (χ2n) is 7.28. The van der Waals surface area contributed by atoms with Crippen LogP contribution in [0.25, 0.3) is 10.9 Å². The number of nitrogens with one attached hydrogen (secondary N) is 1. The molecular formula is C20H25N5O. The largest absolute Gasteiger partial charge is 0.346 e. The first kappa shape index (κ1) is 16.8. The summed E-state index contributed by atoms with van der Waals surface area (Å²) in [6, 6.07) is 10.7. The van der Waals surface area contributed by atoms with Crippen LogP contribution in [0, 0.1) is 0 Å². The van der Waals surface area contributed by atoms with E-state index in [0.717, 1.165) is 19.4 Å². The van der Waals surface area contributed by atoms with E-state index in [1.54, 1.807) is 6.20 Å². The summed E-state index contributed by atoms with van der Waals surface area (Å²) in [6.07, 6.45) is 9.87. The molecule has 0 spiro atoms. The Labute approximate surface area is 153 Å². The second-order valence-corrected chi connectivity index (χ2v) is 7.28.